The first-order valence-electron chi connectivity index (χ1n) is 12.8. The molecule has 1 heterocycles. The number of fused-ring (bicyclic) bond motifs is 2. The molecule has 0 aliphatic carbocycles. The van der Waals surface area contributed by atoms with E-state index in [1.807, 2.05) is 6.07 Å². The van der Waals surface area contributed by atoms with Gasteiger partial charge in [-0.25, -0.2) is 0 Å². The van der Waals surface area contributed by atoms with Crippen LogP contribution < -0.4 is 25.8 Å². The minimum atomic E-state index is -0.720. The van der Waals surface area contributed by atoms with Crippen molar-refractivity contribution >= 4 is 23.6 Å². The number of nitrogens with zero attached hydrogens (tertiary/aromatic N) is 2. The Labute approximate surface area is 219 Å². The Morgan fingerprint density at radius 1 is 1.11 bits per heavy atom. The Bertz CT molecular complexity index is 938. The fourth-order valence-electron chi connectivity index (χ4n) is 4.03. The van der Waals surface area contributed by atoms with Gasteiger partial charge in [0.25, 0.3) is 5.91 Å². The van der Waals surface area contributed by atoms with Crippen molar-refractivity contribution in [2.45, 2.75) is 58.0 Å². The zero-order valence-corrected chi connectivity index (χ0v) is 22.4. The minimum Gasteiger partial charge on any atom is -0.493 e. The number of benzene rings is 1. The lowest BCUT2D eigenvalue weighted by atomic mass is 10.1. The van der Waals surface area contributed by atoms with Crippen molar-refractivity contribution in [2.75, 3.05) is 46.9 Å². The standard InChI is InChI=1S/C26H41N5O6/c1-18(27)25(34)31-14-6-5-13-30(3)26(35)19(2)29-24(33)17-37-22-16-20(8-10-21(22)36-4)9-11-23(32)28-12-7-15-31/h8,10,16,18-19H,5-7,9,11-15,17,27H2,1-4H3,(H,28,32)(H,29,33)/t18-,19+/m1/s1. The van der Waals surface area contributed by atoms with Crippen molar-refractivity contribution in [1.82, 2.24) is 20.4 Å². The van der Waals surface area contributed by atoms with Crippen molar-refractivity contribution in [2.24, 2.45) is 5.73 Å². The van der Waals surface area contributed by atoms with Gasteiger partial charge < -0.3 is 35.6 Å². The highest BCUT2D eigenvalue weighted by molar-refractivity contribution is 5.87. The lowest BCUT2D eigenvalue weighted by Crippen LogP contribution is -2.47. The minimum absolute atomic E-state index is 0.0911. The summed E-state index contributed by atoms with van der Waals surface area (Å²) in [6.07, 6.45) is 2.74. The summed E-state index contributed by atoms with van der Waals surface area (Å²) >= 11 is 0. The zero-order valence-electron chi connectivity index (χ0n) is 22.4. The SMILES string of the molecule is COc1ccc2cc1OCC(=O)N[C@@H](C)C(=O)N(C)CCCCN(C(=O)[C@@H](C)N)CCCNC(=O)CC2. The Balaban J connectivity index is 2.13. The van der Waals surface area contributed by atoms with Crippen LogP contribution in [0.5, 0.6) is 11.5 Å². The monoisotopic (exact) mass is 519 g/mol. The Morgan fingerprint density at radius 2 is 1.81 bits per heavy atom. The van der Waals surface area contributed by atoms with Gasteiger partial charge in [-0.3, -0.25) is 19.2 Å². The van der Waals surface area contributed by atoms with Crippen molar-refractivity contribution < 1.29 is 28.7 Å². The molecule has 0 saturated carbocycles. The third kappa shape index (κ3) is 9.91. The number of methoxy groups -OCH3 is 1. The van der Waals surface area contributed by atoms with E-state index in [1.165, 1.54) is 7.11 Å². The molecule has 2 bridgehead atoms. The smallest absolute Gasteiger partial charge is 0.258 e. The first-order valence-corrected chi connectivity index (χ1v) is 12.8. The lowest BCUT2D eigenvalue weighted by molar-refractivity contribution is -0.135. The topological polar surface area (TPSA) is 143 Å². The number of amides is 4. The summed E-state index contributed by atoms with van der Waals surface area (Å²) in [4.78, 5) is 53.3. The van der Waals surface area contributed by atoms with Gasteiger partial charge in [-0.1, -0.05) is 6.07 Å². The second-order valence-electron chi connectivity index (χ2n) is 9.35. The molecule has 0 aromatic heterocycles. The highest BCUT2D eigenvalue weighted by atomic mass is 16.5. The molecule has 0 fully saturated rings. The molecule has 1 aliphatic heterocycles. The van der Waals surface area contributed by atoms with Gasteiger partial charge >= 0.3 is 0 Å². The van der Waals surface area contributed by atoms with Crippen LogP contribution in [0.25, 0.3) is 0 Å². The Kier molecular flexibility index (Phi) is 12.1. The number of nitrogens with two attached hydrogens (primary N) is 1. The van der Waals surface area contributed by atoms with Crippen LogP contribution in [0.15, 0.2) is 18.2 Å². The molecule has 4 N–H and O–H groups in total. The van der Waals surface area contributed by atoms with Gasteiger partial charge in [0.1, 0.15) is 6.04 Å². The van der Waals surface area contributed by atoms with Crippen LogP contribution in [-0.4, -0.2) is 92.5 Å². The predicted octanol–water partition coefficient (Wildman–Crippen LogP) is 0.446. The maximum Gasteiger partial charge on any atom is 0.258 e. The second-order valence-corrected chi connectivity index (χ2v) is 9.35. The van der Waals surface area contributed by atoms with E-state index in [9.17, 15) is 19.2 Å². The van der Waals surface area contributed by atoms with Crippen molar-refractivity contribution in [1.29, 1.82) is 0 Å². The van der Waals surface area contributed by atoms with E-state index in [1.54, 1.807) is 42.8 Å². The third-order valence-electron chi connectivity index (χ3n) is 6.15. The number of carbonyl (C=O) groups excluding carboxylic acids is 4. The van der Waals surface area contributed by atoms with Gasteiger partial charge in [-0.05, 0) is 57.2 Å². The number of likely N-dealkylation sites (N-methyl/N-ethyl adjacent to an activating group) is 1. The molecule has 0 spiro atoms. The summed E-state index contributed by atoms with van der Waals surface area (Å²) in [5.41, 5.74) is 6.67. The largest absolute Gasteiger partial charge is 0.493 e. The third-order valence-corrected chi connectivity index (χ3v) is 6.15. The summed E-state index contributed by atoms with van der Waals surface area (Å²) in [6, 6.07) is 3.98. The number of hydrogen-bond acceptors (Lipinski definition) is 7. The first-order chi connectivity index (χ1) is 17.6. The van der Waals surface area contributed by atoms with Crippen LogP contribution >= 0.6 is 0 Å². The van der Waals surface area contributed by atoms with Crippen molar-refractivity contribution in [3.8, 4) is 11.5 Å². The summed E-state index contributed by atoms with van der Waals surface area (Å²) in [7, 11) is 3.19. The molecule has 2 rings (SSSR count). The summed E-state index contributed by atoms with van der Waals surface area (Å²) < 4.78 is 11.0. The molecule has 1 aromatic rings. The molecule has 11 nitrogen and oxygen atoms in total. The summed E-state index contributed by atoms with van der Waals surface area (Å²) in [6.45, 7) is 4.93. The van der Waals surface area contributed by atoms with Crippen LogP contribution in [0.2, 0.25) is 0 Å². The summed E-state index contributed by atoms with van der Waals surface area (Å²) in [5, 5.41) is 5.57. The number of nitrogens with one attached hydrogen (secondary N) is 2. The molecule has 0 unspecified atom stereocenters. The summed E-state index contributed by atoms with van der Waals surface area (Å²) in [5.74, 6) is -0.0360. The fraction of sp³-hybridized carbons (Fsp3) is 0.615. The number of aryl methyl sites for hydroxylation is 1. The van der Waals surface area contributed by atoms with Crippen molar-refractivity contribution in [3.63, 3.8) is 0 Å². The fourth-order valence-corrected chi connectivity index (χ4v) is 4.03. The average Bonchev–Trinajstić information content (AvgIpc) is 2.88. The second kappa shape index (κ2) is 15.0. The molecule has 37 heavy (non-hydrogen) atoms. The lowest BCUT2D eigenvalue weighted by Gasteiger charge is -2.26. The molecule has 11 heteroatoms. The van der Waals surface area contributed by atoms with Crippen molar-refractivity contribution in [3.05, 3.63) is 23.8 Å². The van der Waals surface area contributed by atoms with E-state index in [0.717, 1.165) is 5.56 Å². The van der Waals surface area contributed by atoms with Crippen LogP contribution in [0, 0.1) is 0 Å². The van der Waals surface area contributed by atoms with Gasteiger partial charge in [0.05, 0.1) is 13.2 Å². The maximum atomic E-state index is 12.7. The van der Waals surface area contributed by atoms with E-state index >= 15 is 0 Å². The van der Waals surface area contributed by atoms with E-state index < -0.39 is 18.0 Å². The molecular weight excluding hydrogens is 478 g/mol. The maximum absolute atomic E-state index is 12.7. The van der Waals surface area contributed by atoms with Gasteiger partial charge in [-0.15, -0.1) is 0 Å². The van der Waals surface area contributed by atoms with Crippen LogP contribution in [0.4, 0.5) is 0 Å². The number of carbonyl (C=O) groups is 4. The average molecular weight is 520 g/mol. The number of rotatable bonds is 2. The Hall–Kier alpha value is -3.34. The molecule has 1 aromatic carbocycles. The van der Waals surface area contributed by atoms with Crippen LogP contribution in [0.1, 0.15) is 45.1 Å². The van der Waals surface area contributed by atoms with E-state index in [4.69, 9.17) is 15.2 Å². The normalized spacial score (nSPS) is 20.5. The van der Waals surface area contributed by atoms with Crippen LogP contribution in [-0.2, 0) is 25.6 Å². The van der Waals surface area contributed by atoms with E-state index in [0.29, 0.717) is 63.4 Å². The zero-order chi connectivity index (χ0) is 27.4. The van der Waals surface area contributed by atoms with Gasteiger partial charge in [0.2, 0.25) is 17.7 Å². The van der Waals surface area contributed by atoms with Gasteiger partial charge in [0, 0.05) is 39.6 Å². The van der Waals surface area contributed by atoms with Crippen LogP contribution in [0.3, 0.4) is 0 Å². The van der Waals surface area contributed by atoms with Gasteiger partial charge in [-0.2, -0.15) is 0 Å². The van der Waals surface area contributed by atoms with Gasteiger partial charge in [0.15, 0.2) is 18.1 Å². The first kappa shape index (κ1) is 29.9. The predicted molar refractivity (Wildman–Crippen MR) is 139 cm³/mol. The molecule has 0 radical (unpaired) electrons. The molecule has 0 saturated heterocycles. The highest BCUT2D eigenvalue weighted by Crippen LogP contribution is 2.28. The molecule has 2 atom stereocenters. The number of hydrogen-bond donors (Lipinski definition) is 3. The Morgan fingerprint density at radius 3 is 2.51 bits per heavy atom. The molecule has 1 aliphatic rings. The molecular formula is C26H41N5O6. The van der Waals surface area contributed by atoms with E-state index in [-0.39, 0.29) is 30.7 Å². The highest BCUT2D eigenvalue weighted by Gasteiger charge is 2.21. The van der Waals surface area contributed by atoms with E-state index in [2.05, 4.69) is 10.6 Å². The molecule has 206 valence electrons. The molecule has 4 amide bonds. The quantitative estimate of drug-likeness (QED) is 0.515. The number of ether oxygens (including phenoxy) is 2.